The number of hydrogen-bond acceptors (Lipinski definition) is 3. The predicted molar refractivity (Wildman–Crippen MR) is 27.6 cm³/mol. The molecular formula is C4H9NO3. The Bertz CT molecular complexity index is 106. The van der Waals surface area contributed by atoms with E-state index in [1.807, 2.05) is 0 Å². The van der Waals surface area contributed by atoms with Gasteiger partial charge in [-0.1, -0.05) is 0 Å². The van der Waals surface area contributed by atoms with E-state index in [9.17, 15) is 4.79 Å². The molecule has 0 heterocycles. The minimum absolute atomic E-state index is 1.19. The Morgan fingerprint density at radius 3 is 2.62 bits per heavy atom. The van der Waals surface area contributed by atoms with Crippen molar-refractivity contribution in [3.8, 4) is 0 Å². The largest absolute Gasteiger partial charge is 0.480 e. The number of rotatable bonds is 3. The average molecular weight is 120 g/mol. The van der Waals surface area contributed by atoms with Crippen LogP contribution in [0.4, 0.5) is 0 Å². The lowest BCUT2D eigenvalue weighted by Crippen LogP contribution is -2.36. The summed E-state index contributed by atoms with van der Waals surface area (Å²) < 4.78 is 6.58. The summed E-state index contributed by atoms with van der Waals surface area (Å²) in [6, 6.07) is -1.19. The van der Waals surface area contributed by atoms with Gasteiger partial charge < -0.3 is 15.5 Å². The van der Waals surface area contributed by atoms with Crippen LogP contribution in [0.2, 0.25) is 0 Å². The highest BCUT2D eigenvalue weighted by Crippen LogP contribution is 1.76. The number of carboxylic acids is 1. The van der Waals surface area contributed by atoms with Crippen LogP contribution in [-0.4, -0.2) is 35.9 Å². The summed E-state index contributed by atoms with van der Waals surface area (Å²) in [5, 5.41) is 18.9. The van der Waals surface area contributed by atoms with Crippen molar-refractivity contribution in [1.29, 1.82) is 0 Å². The summed E-state index contributed by atoms with van der Waals surface area (Å²) in [5.41, 5.74) is 0. The molecule has 2 atom stereocenters. The Kier molecular flexibility index (Phi) is 2.35. The van der Waals surface area contributed by atoms with E-state index in [1.54, 1.807) is 0 Å². The highest BCUT2D eigenvalue weighted by atomic mass is 16.4. The molecule has 0 saturated heterocycles. The number of carboxylic acid groups (broad SMARTS) is 1. The molecule has 0 amide bonds. The van der Waals surface area contributed by atoms with Crippen molar-refractivity contribution in [2.24, 2.45) is 0 Å². The van der Waals surface area contributed by atoms with E-state index < -0.39 is 18.6 Å². The van der Waals surface area contributed by atoms with Crippen molar-refractivity contribution in [2.75, 3.05) is 13.6 Å². The lowest BCUT2D eigenvalue weighted by Gasteiger charge is -2.04. The highest BCUT2D eigenvalue weighted by molar-refractivity contribution is 5.73. The quantitative estimate of drug-likeness (QED) is 0.430. The average Bonchev–Trinajstić information content (AvgIpc) is 1.64. The van der Waals surface area contributed by atoms with Gasteiger partial charge in [-0.15, -0.1) is 0 Å². The Labute approximate surface area is 48.5 Å². The Hall–Kier alpha value is -0.610. The van der Waals surface area contributed by atoms with Gasteiger partial charge in [0, 0.05) is 0 Å². The van der Waals surface area contributed by atoms with E-state index in [0.717, 1.165) is 0 Å². The number of aliphatic carboxylic acids is 1. The van der Waals surface area contributed by atoms with Crippen LogP contribution in [0, 0.1) is 0 Å². The maximum atomic E-state index is 10.0. The topological polar surface area (TPSA) is 69.6 Å². The van der Waals surface area contributed by atoms with Gasteiger partial charge in [-0.3, -0.25) is 4.79 Å². The second-order valence-corrected chi connectivity index (χ2v) is 1.25. The first-order chi connectivity index (χ1) is 4.09. The van der Waals surface area contributed by atoms with E-state index in [4.69, 9.17) is 11.6 Å². The first-order valence-corrected chi connectivity index (χ1v) is 2.10. The number of aliphatic hydroxyl groups is 1. The summed E-state index contributed by atoms with van der Waals surface area (Å²) >= 11 is 0. The van der Waals surface area contributed by atoms with Gasteiger partial charge >= 0.3 is 5.97 Å². The number of nitrogens with one attached hydrogen (secondary N) is 1. The smallest absolute Gasteiger partial charge is 0.323 e. The fourth-order valence-electron chi connectivity index (χ4n) is 0.262. The molecule has 4 heteroatoms. The Morgan fingerprint density at radius 2 is 2.62 bits per heavy atom. The Morgan fingerprint density at radius 1 is 2.12 bits per heavy atom. The van der Waals surface area contributed by atoms with Crippen LogP contribution in [-0.2, 0) is 4.79 Å². The van der Waals surface area contributed by atoms with Crippen molar-refractivity contribution >= 4 is 5.97 Å². The number of aliphatic hydroxyl groups excluding tert-OH is 1. The second-order valence-electron chi connectivity index (χ2n) is 1.25. The molecule has 0 aliphatic carbocycles. The van der Waals surface area contributed by atoms with Crippen LogP contribution in [0.15, 0.2) is 0 Å². The number of hydrogen-bond donors (Lipinski definition) is 3. The summed E-state index contributed by atoms with van der Waals surface area (Å²) in [6.07, 6.45) is 0. The van der Waals surface area contributed by atoms with Crippen molar-refractivity contribution < 1.29 is 16.4 Å². The zero-order valence-corrected chi connectivity index (χ0v) is 4.46. The van der Waals surface area contributed by atoms with E-state index >= 15 is 0 Å². The van der Waals surface area contributed by atoms with Gasteiger partial charge in [0.05, 0.1) is 7.95 Å². The maximum Gasteiger partial charge on any atom is 0.323 e. The van der Waals surface area contributed by atoms with Gasteiger partial charge in [-0.05, 0) is 7.05 Å². The van der Waals surface area contributed by atoms with Crippen LogP contribution < -0.4 is 5.32 Å². The van der Waals surface area contributed by atoms with Crippen molar-refractivity contribution in [3.05, 3.63) is 0 Å². The predicted octanol–water partition coefficient (Wildman–Crippen LogP) is -1.35. The first-order valence-electron chi connectivity index (χ1n) is 2.67. The molecule has 0 rings (SSSR count). The van der Waals surface area contributed by atoms with Crippen molar-refractivity contribution in [2.45, 2.75) is 6.04 Å². The summed E-state index contributed by atoms with van der Waals surface area (Å²) in [7, 11) is 1.37. The van der Waals surface area contributed by atoms with Crippen molar-refractivity contribution in [3.63, 3.8) is 0 Å². The summed E-state index contributed by atoms with van der Waals surface area (Å²) in [5.74, 6) is -1.22. The van der Waals surface area contributed by atoms with Gasteiger partial charge in [0.15, 0.2) is 0 Å². The van der Waals surface area contributed by atoms with Crippen LogP contribution in [0.1, 0.15) is 1.37 Å². The molecule has 0 aromatic carbocycles. The molecule has 0 aromatic rings. The van der Waals surface area contributed by atoms with E-state index in [2.05, 4.69) is 5.32 Å². The molecule has 0 aliphatic rings. The third-order valence-corrected chi connectivity index (χ3v) is 0.726. The normalized spacial score (nSPS) is 19.0. The second kappa shape index (κ2) is 3.40. The van der Waals surface area contributed by atoms with Crippen LogP contribution >= 0.6 is 0 Å². The fourth-order valence-corrected chi connectivity index (χ4v) is 0.262. The maximum absolute atomic E-state index is 10.0. The minimum atomic E-state index is -1.60. The molecule has 8 heavy (non-hydrogen) atoms. The van der Waals surface area contributed by atoms with Gasteiger partial charge in [-0.25, -0.2) is 0 Å². The van der Waals surface area contributed by atoms with Gasteiger partial charge in [0.1, 0.15) is 6.04 Å². The molecule has 0 aromatic heterocycles. The zero-order valence-electron chi connectivity index (χ0n) is 5.46. The van der Waals surface area contributed by atoms with E-state index in [1.165, 1.54) is 7.05 Å². The molecule has 3 N–H and O–H groups in total. The van der Waals surface area contributed by atoms with E-state index in [-0.39, 0.29) is 0 Å². The summed E-state index contributed by atoms with van der Waals surface area (Å²) in [6.45, 7) is -1.60. The molecule has 1 unspecified atom stereocenters. The third kappa shape index (κ3) is 1.90. The minimum Gasteiger partial charge on any atom is -0.480 e. The number of carbonyl (C=O) groups is 1. The lowest BCUT2D eigenvalue weighted by molar-refractivity contribution is -0.140. The standard InChI is InChI=1S/C4H9NO3/c1-5-3(2-6)4(7)8/h3,5-6H,2H2,1H3,(H,7,8)/t3-/m0/s1/i2D/t2?,3-. The molecule has 0 radical (unpaired) electrons. The molecule has 0 bridgehead atoms. The first kappa shape index (κ1) is 5.53. The molecule has 4 nitrogen and oxygen atoms in total. The third-order valence-electron chi connectivity index (χ3n) is 0.726. The molecule has 0 spiro atoms. The van der Waals surface area contributed by atoms with Crippen LogP contribution in [0.5, 0.6) is 0 Å². The number of likely N-dealkylation sites (N-methyl/N-ethyl adjacent to an activating group) is 1. The lowest BCUT2D eigenvalue weighted by atomic mass is 10.3. The monoisotopic (exact) mass is 120 g/mol. The molecule has 48 valence electrons. The van der Waals surface area contributed by atoms with Gasteiger partial charge in [0.25, 0.3) is 0 Å². The van der Waals surface area contributed by atoms with Gasteiger partial charge in [0.2, 0.25) is 0 Å². The fraction of sp³-hybridized carbons (Fsp3) is 0.750. The van der Waals surface area contributed by atoms with E-state index in [0.29, 0.717) is 0 Å². The highest BCUT2D eigenvalue weighted by Gasteiger charge is 2.11. The molecule has 0 saturated carbocycles. The summed E-state index contributed by atoms with van der Waals surface area (Å²) in [4.78, 5) is 10.0. The SMILES string of the molecule is [2H]C(O)[C@H](NC)C(=O)O. The van der Waals surface area contributed by atoms with Gasteiger partial charge in [-0.2, -0.15) is 0 Å². The van der Waals surface area contributed by atoms with Crippen LogP contribution in [0.3, 0.4) is 0 Å². The Balaban J connectivity index is 3.83. The zero-order chi connectivity index (χ0) is 7.44. The van der Waals surface area contributed by atoms with Crippen molar-refractivity contribution in [1.82, 2.24) is 5.32 Å². The molecular weight excluding hydrogens is 110 g/mol. The van der Waals surface area contributed by atoms with Crippen LogP contribution in [0.25, 0.3) is 0 Å². The molecule has 0 fully saturated rings. The molecule has 0 aliphatic heterocycles.